The molecule has 3 nitrogen and oxygen atoms in total. The van der Waals surface area contributed by atoms with Crippen LogP contribution in [-0.4, -0.2) is 24.5 Å². The number of nitrogens with one attached hydrogen (secondary N) is 2. The molecule has 86 valence electrons. The molecule has 0 radical (unpaired) electrons. The molecule has 0 aromatic rings. The molecule has 3 heteroatoms. The summed E-state index contributed by atoms with van der Waals surface area (Å²) in [4.78, 5) is 11.7. The van der Waals surface area contributed by atoms with E-state index in [4.69, 9.17) is 0 Å². The van der Waals surface area contributed by atoms with Crippen molar-refractivity contribution in [3.63, 3.8) is 0 Å². The summed E-state index contributed by atoms with van der Waals surface area (Å²) < 4.78 is 0. The molecule has 1 saturated carbocycles. The summed E-state index contributed by atoms with van der Waals surface area (Å²) in [5, 5.41) is 6.44. The summed E-state index contributed by atoms with van der Waals surface area (Å²) in [5.74, 6) is 1.03. The van der Waals surface area contributed by atoms with Crippen molar-refractivity contribution in [3.05, 3.63) is 0 Å². The van der Waals surface area contributed by atoms with E-state index in [2.05, 4.69) is 10.6 Å². The van der Waals surface area contributed by atoms with E-state index < -0.39 is 0 Å². The van der Waals surface area contributed by atoms with Crippen LogP contribution in [0.3, 0.4) is 0 Å². The van der Waals surface area contributed by atoms with Crippen LogP contribution in [0.4, 0.5) is 0 Å². The van der Waals surface area contributed by atoms with Crippen molar-refractivity contribution in [1.29, 1.82) is 0 Å². The van der Waals surface area contributed by atoms with Crippen molar-refractivity contribution in [2.45, 2.75) is 57.5 Å². The Morgan fingerprint density at radius 3 is 2.87 bits per heavy atom. The maximum Gasteiger partial charge on any atom is 0.237 e. The third-order valence-corrected chi connectivity index (χ3v) is 3.82. The van der Waals surface area contributed by atoms with Gasteiger partial charge < -0.3 is 10.6 Å². The lowest BCUT2D eigenvalue weighted by Crippen LogP contribution is -2.54. The molecule has 1 saturated heterocycles. The number of hydrogen-bond acceptors (Lipinski definition) is 2. The van der Waals surface area contributed by atoms with E-state index >= 15 is 0 Å². The smallest absolute Gasteiger partial charge is 0.237 e. The van der Waals surface area contributed by atoms with Gasteiger partial charge in [-0.25, -0.2) is 0 Å². The molecule has 1 aliphatic heterocycles. The van der Waals surface area contributed by atoms with Crippen LogP contribution in [0.15, 0.2) is 0 Å². The molecule has 3 atom stereocenters. The van der Waals surface area contributed by atoms with E-state index in [1.54, 1.807) is 0 Å². The van der Waals surface area contributed by atoms with Crippen molar-refractivity contribution in [1.82, 2.24) is 10.6 Å². The Morgan fingerprint density at radius 2 is 2.07 bits per heavy atom. The quantitative estimate of drug-likeness (QED) is 0.724. The number of amides is 1. The molecular formula is C12H22N2O. The van der Waals surface area contributed by atoms with Gasteiger partial charge in [-0.1, -0.05) is 12.8 Å². The van der Waals surface area contributed by atoms with Crippen LogP contribution < -0.4 is 10.6 Å². The number of hydrogen-bond donors (Lipinski definition) is 2. The van der Waals surface area contributed by atoms with Gasteiger partial charge in [0.1, 0.15) is 0 Å². The molecule has 2 fully saturated rings. The Hall–Kier alpha value is -0.570. The average molecular weight is 210 g/mol. The van der Waals surface area contributed by atoms with Crippen molar-refractivity contribution in [2.75, 3.05) is 6.54 Å². The molecule has 2 rings (SSSR count). The van der Waals surface area contributed by atoms with E-state index in [1.807, 2.05) is 6.92 Å². The average Bonchev–Trinajstić information content (AvgIpc) is 2.29. The van der Waals surface area contributed by atoms with Gasteiger partial charge in [-0.05, 0) is 38.5 Å². The fraction of sp³-hybridized carbons (Fsp3) is 0.917. The number of piperidine rings is 1. The Balaban J connectivity index is 1.87. The molecule has 0 bridgehead atoms. The SMILES string of the molecule is CCNC(=O)C1CCC2CCCCC2N1. The molecule has 15 heavy (non-hydrogen) atoms. The molecular weight excluding hydrogens is 188 g/mol. The standard InChI is InChI=1S/C12H22N2O/c1-2-13-12(15)11-8-7-9-5-3-4-6-10(9)14-11/h9-11,14H,2-8H2,1H3,(H,13,15). The second kappa shape index (κ2) is 4.97. The summed E-state index contributed by atoms with van der Waals surface area (Å²) in [6, 6.07) is 0.685. The number of carbonyl (C=O) groups excluding carboxylic acids is 1. The third kappa shape index (κ3) is 2.51. The lowest BCUT2D eigenvalue weighted by molar-refractivity contribution is -0.124. The molecule has 0 aromatic carbocycles. The minimum absolute atomic E-state index is 0.0734. The highest BCUT2D eigenvalue weighted by atomic mass is 16.2. The van der Waals surface area contributed by atoms with Crippen molar-refractivity contribution >= 4 is 5.91 Å². The maximum atomic E-state index is 11.7. The first-order valence-corrected chi connectivity index (χ1v) is 6.35. The lowest BCUT2D eigenvalue weighted by atomic mass is 9.77. The van der Waals surface area contributed by atoms with E-state index in [-0.39, 0.29) is 11.9 Å². The molecule has 0 spiro atoms. The van der Waals surface area contributed by atoms with Gasteiger partial charge in [0.15, 0.2) is 0 Å². The van der Waals surface area contributed by atoms with Crippen molar-refractivity contribution in [2.24, 2.45) is 5.92 Å². The predicted octanol–water partition coefficient (Wildman–Crippen LogP) is 1.43. The van der Waals surface area contributed by atoms with Crippen molar-refractivity contribution < 1.29 is 4.79 Å². The van der Waals surface area contributed by atoms with E-state index in [0.717, 1.165) is 18.9 Å². The Bertz CT molecular complexity index is 230. The van der Waals surface area contributed by atoms with Crippen molar-refractivity contribution in [3.8, 4) is 0 Å². The second-order valence-corrected chi connectivity index (χ2v) is 4.84. The van der Waals surface area contributed by atoms with E-state index in [1.165, 1.54) is 32.1 Å². The first-order chi connectivity index (χ1) is 7.31. The largest absolute Gasteiger partial charge is 0.355 e. The first kappa shape index (κ1) is 10.9. The summed E-state index contributed by atoms with van der Waals surface area (Å²) in [5.41, 5.74) is 0. The second-order valence-electron chi connectivity index (χ2n) is 4.84. The van der Waals surface area contributed by atoms with Gasteiger partial charge in [-0.3, -0.25) is 4.79 Å². The Morgan fingerprint density at radius 1 is 1.27 bits per heavy atom. The zero-order valence-corrected chi connectivity index (χ0v) is 9.59. The van der Waals surface area contributed by atoms with Crippen LogP contribution in [-0.2, 0) is 4.79 Å². The molecule has 0 aromatic heterocycles. The van der Waals surface area contributed by atoms with Gasteiger partial charge in [0.2, 0.25) is 5.91 Å². The predicted molar refractivity (Wildman–Crippen MR) is 60.6 cm³/mol. The fourth-order valence-corrected chi connectivity index (χ4v) is 3.00. The molecule has 1 amide bonds. The molecule has 1 aliphatic carbocycles. The van der Waals surface area contributed by atoms with E-state index in [0.29, 0.717) is 6.04 Å². The Kier molecular flexibility index (Phi) is 3.62. The summed E-state index contributed by atoms with van der Waals surface area (Å²) >= 11 is 0. The lowest BCUT2D eigenvalue weighted by Gasteiger charge is -2.39. The molecule has 2 aliphatic rings. The number of likely N-dealkylation sites (N-methyl/N-ethyl adjacent to an activating group) is 1. The van der Waals surface area contributed by atoms with Gasteiger partial charge in [0.05, 0.1) is 6.04 Å². The van der Waals surface area contributed by atoms with Crippen LogP contribution in [0.25, 0.3) is 0 Å². The minimum Gasteiger partial charge on any atom is -0.355 e. The van der Waals surface area contributed by atoms with E-state index in [9.17, 15) is 4.79 Å². The third-order valence-electron chi connectivity index (χ3n) is 3.82. The normalized spacial score (nSPS) is 35.7. The van der Waals surface area contributed by atoms with Crippen LogP contribution in [0.5, 0.6) is 0 Å². The van der Waals surface area contributed by atoms with Gasteiger partial charge in [-0.15, -0.1) is 0 Å². The van der Waals surface area contributed by atoms with Crippen LogP contribution in [0.1, 0.15) is 45.4 Å². The number of carbonyl (C=O) groups is 1. The maximum absolute atomic E-state index is 11.7. The zero-order chi connectivity index (χ0) is 10.7. The Labute approximate surface area is 92.0 Å². The molecule has 1 heterocycles. The highest BCUT2D eigenvalue weighted by Crippen LogP contribution is 2.32. The highest BCUT2D eigenvalue weighted by Gasteiger charge is 2.33. The van der Waals surface area contributed by atoms with Crippen LogP contribution >= 0.6 is 0 Å². The summed E-state index contributed by atoms with van der Waals surface area (Å²) in [6.07, 6.45) is 7.60. The van der Waals surface area contributed by atoms with Crippen LogP contribution in [0.2, 0.25) is 0 Å². The number of rotatable bonds is 2. The molecule has 2 N–H and O–H groups in total. The topological polar surface area (TPSA) is 41.1 Å². The van der Waals surface area contributed by atoms with Gasteiger partial charge in [0, 0.05) is 12.6 Å². The number of fused-ring (bicyclic) bond motifs is 1. The first-order valence-electron chi connectivity index (χ1n) is 6.35. The molecule has 3 unspecified atom stereocenters. The zero-order valence-electron chi connectivity index (χ0n) is 9.59. The summed E-state index contributed by atoms with van der Waals surface area (Å²) in [6.45, 7) is 2.72. The van der Waals surface area contributed by atoms with Crippen LogP contribution in [0, 0.1) is 5.92 Å². The van der Waals surface area contributed by atoms with Gasteiger partial charge >= 0.3 is 0 Å². The van der Waals surface area contributed by atoms with Gasteiger partial charge in [0.25, 0.3) is 0 Å². The fourth-order valence-electron chi connectivity index (χ4n) is 3.00. The highest BCUT2D eigenvalue weighted by molar-refractivity contribution is 5.81. The van der Waals surface area contributed by atoms with Gasteiger partial charge in [-0.2, -0.15) is 0 Å². The monoisotopic (exact) mass is 210 g/mol. The summed E-state index contributed by atoms with van der Waals surface area (Å²) in [7, 11) is 0. The minimum atomic E-state index is 0.0734.